The summed E-state index contributed by atoms with van der Waals surface area (Å²) in [5.74, 6) is 0.929. The molecule has 4 heteroatoms. The van der Waals surface area contributed by atoms with Crippen LogP contribution < -0.4 is 0 Å². The molecule has 1 aromatic heterocycles. The van der Waals surface area contributed by atoms with Crippen molar-refractivity contribution in [1.82, 2.24) is 4.98 Å². The lowest BCUT2D eigenvalue weighted by Gasteiger charge is -2.21. The standard InChI is InChI=1S/C16H14N2O2/c19-16-14(18-15(20-16)10-4-3-5-10)8-11-9-17-13-7-2-1-6-12(11)13/h1-2,6-10,19H,3-5H2/b11-8+. The number of rotatable bonds is 2. The van der Waals surface area contributed by atoms with Crippen LogP contribution in [0.4, 0.5) is 5.69 Å². The van der Waals surface area contributed by atoms with Gasteiger partial charge in [-0.15, -0.1) is 0 Å². The van der Waals surface area contributed by atoms with E-state index in [1.807, 2.05) is 30.3 Å². The third kappa shape index (κ3) is 1.76. The van der Waals surface area contributed by atoms with Crippen LogP contribution in [-0.2, 0) is 0 Å². The van der Waals surface area contributed by atoms with E-state index in [0.29, 0.717) is 17.5 Å². The summed E-state index contributed by atoms with van der Waals surface area (Å²) < 4.78 is 5.37. The number of allylic oxidation sites excluding steroid dienone is 1. The van der Waals surface area contributed by atoms with E-state index in [1.165, 1.54) is 6.42 Å². The van der Waals surface area contributed by atoms with E-state index in [-0.39, 0.29) is 5.95 Å². The number of oxazole rings is 1. The average molecular weight is 266 g/mol. The lowest BCUT2D eigenvalue weighted by atomic mass is 9.85. The number of fused-ring (bicyclic) bond motifs is 1. The summed E-state index contributed by atoms with van der Waals surface area (Å²) in [7, 11) is 0. The zero-order valence-electron chi connectivity index (χ0n) is 10.9. The normalized spacial score (nSPS) is 19.3. The Balaban J connectivity index is 1.71. The van der Waals surface area contributed by atoms with Crippen LogP contribution in [0.3, 0.4) is 0 Å². The van der Waals surface area contributed by atoms with Crippen molar-refractivity contribution in [1.29, 1.82) is 0 Å². The van der Waals surface area contributed by atoms with Gasteiger partial charge in [-0.25, -0.2) is 4.98 Å². The van der Waals surface area contributed by atoms with Gasteiger partial charge in [-0.3, -0.25) is 4.99 Å². The Morgan fingerprint density at radius 1 is 1.25 bits per heavy atom. The maximum Gasteiger partial charge on any atom is 0.310 e. The monoisotopic (exact) mass is 266 g/mol. The Kier molecular flexibility index (Phi) is 2.49. The van der Waals surface area contributed by atoms with Crippen molar-refractivity contribution in [2.75, 3.05) is 0 Å². The van der Waals surface area contributed by atoms with Gasteiger partial charge in [0.15, 0.2) is 0 Å². The van der Waals surface area contributed by atoms with Crippen molar-refractivity contribution in [3.63, 3.8) is 0 Å². The van der Waals surface area contributed by atoms with Gasteiger partial charge in [0.25, 0.3) is 0 Å². The number of nitrogens with zero attached hydrogens (tertiary/aromatic N) is 2. The summed E-state index contributed by atoms with van der Waals surface area (Å²) in [4.78, 5) is 8.76. The fourth-order valence-electron chi connectivity index (χ4n) is 2.57. The molecule has 0 unspecified atom stereocenters. The number of benzene rings is 1. The van der Waals surface area contributed by atoms with Gasteiger partial charge in [0.05, 0.1) is 5.69 Å². The minimum absolute atomic E-state index is 0.0998. The van der Waals surface area contributed by atoms with E-state index in [4.69, 9.17) is 4.42 Å². The van der Waals surface area contributed by atoms with Crippen LogP contribution >= 0.6 is 0 Å². The fraction of sp³-hybridized carbons (Fsp3) is 0.250. The zero-order chi connectivity index (χ0) is 13.5. The molecule has 1 aliphatic heterocycles. The molecule has 1 saturated carbocycles. The van der Waals surface area contributed by atoms with E-state index in [9.17, 15) is 5.11 Å². The molecular formula is C16H14N2O2. The Morgan fingerprint density at radius 2 is 2.10 bits per heavy atom. The largest absolute Gasteiger partial charge is 0.479 e. The lowest BCUT2D eigenvalue weighted by molar-refractivity contribution is 0.276. The SMILES string of the molecule is Oc1oc(C2CCC2)nc1/C=C1\C=Nc2ccccc21. The van der Waals surface area contributed by atoms with Gasteiger partial charge in [-0.2, -0.15) is 0 Å². The number of para-hydroxylation sites is 1. The second-order valence-corrected chi connectivity index (χ2v) is 5.25. The van der Waals surface area contributed by atoms with Crippen LogP contribution in [0, 0.1) is 0 Å². The van der Waals surface area contributed by atoms with E-state index in [2.05, 4.69) is 9.98 Å². The summed E-state index contributed by atoms with van der Waals surface area (Å²) in [6.45, 7) is 0. The molecule has 1 N–H and O–H groups in total. The van der Waals surface area contributed by atoms with Crippen LogP contribution in [0.5, 0.6) is 5.95 Å². The van der Waals surface area contributed by atoms with Crippen LogP contribution in [0.25, 0.3) is 11.6 Å². The number of hydrogen-bond acceptors (Lipinski definition) is 4. The number of aromatic hydroxyl groups is 1. The van der Waals surface area contributed by atoms with Crippen molar-refractivity contribution in [3.05, 3.63) is 41.4 Å². The highest BCUT2D eigenvalue weighted by Gasteiger charge is 2.26. The van der Waals surface area contributed by atoms with E-state index < -0.39 is 0 Å². The average Bonchev–Trinajstić information content (AvgIpc) is 2.94. The molecule has 0 amide bonds. The molecule has 0 spiro atoms. The van der Waals surface area contributed by atoms with Gasteiger partial charge in [0.2, 0.25) is 5.89 Å². The Bertz CT molecular complexity index is 724. The van der Waals surface area contributed by atoms with Crippen LogP contribution in [0.1, 0.15) is 42.3 Å². The maximum absolute atomic E-state index is 9.89. The molecule has 2 aliphatic rings. The first-order valence-electron chi connectivity index (χ1n) is 6.86. The summed E-state index contributed by atoms with van der Waals surface area (Å²) >= 11 is 0. The fourth-order valence-corrected chi connectivity index (χ4v) is 2.57. The highest BCUT2D eigenvalue weighted by Crippen LogP contribution is 2.39. The molecule has 4 nitrogen and oxygen atoms in total. The molecule has 1 aliphatic carbocycles. The van der Waals surface area contributed by atoms with Crippen LogP contribution in [0.15, 0.2) is 33.7 Å². The minimum Gasteiger partial charge on any atom is -0.479 e. The summed E-state index contributed by atoms with van der Waals surface area (Å²) in [5.41, 5.74) is 3.44. The second kappa shape index (κ2) is 4.34. The first-order chi connectivity index (χ1) is 9.81. The number of hydrogen-bond donors (Lipinski definition) is 1. The van der Waals surface area contributed by atoms with Crippen molar-refractivity contribution in [2.24, 2.45) is 4.99 Å². The third-order valence-corrected chi connectivity index (χ3v) is 3.96. The third-order valence-electron chi connectivity index (χ3n) is 3.96. The topological polar surface area (TPSA) is 58.6 Å². The number of aromatic nitrogens is 1. The Morgan fingerprint density at radius 3 is 2.90 bits per heavy atom. The predicted octanol–water partition coefficient (Wildman–Crippen LogP) is 3.90. The molecule has 0 bridgehead atoms. The maximum atomic E-state index is 9.89. The predicted molar refractivity (Wildman–Crippen MR) is 77.2 cm³/mol. The molecule has 1 aromatic carbocycles. The molecule has 4 rings (SSSR count). The van der Waals surface area contributed by atoms with Crippen LogP contribution in [0.2, 0.25) is 0 Å². The lowest BCUT2D eigenvalue weighted by Crippen LogP contribution is -2.08. The quantitative estimate of drug-likeness (QED) is 0.896. The van der Waals surface area contributed by atoms with Gasteiger partial charge < -0.3 is 9.52 Å². The molecule has 2 aromatic rings. The molecule has 1 fully saturated rings. The van der Waals surface area contributed by atoms with Crippen molar-refractivity contribution < 1.29 is 9.52 Å². The summed E-state index contributed by atoms with van der Waals surface area (Å²) in [5, 5.41) is 9.89. The van der Waals surface area contributed by atoms with Gasteiger partial charge in [-0.05, 0) is 25.0 Å². The van der Waals surface area contributed by atoms with E-state index >= 15 is 0 Å². The second-order valence-electron chi connectivity index (χ2n) is 5.25. The number of aliphatic imine (C=N–C) groups is 1. The highest BCUT2D eigenvalue weighted by molar-refractivity contribution is 6.21. The Labute approximate surface area is 116 Å². The van der Waals surface area contributed by atoms with E-state index in [1.54, 1.807) is 6.21 Å². The molecule has 20 heavy (non-hydrogen) atoms. The van der Waals surface area contributed by atoms with E-state index in [0.717, 1.165) is 29.7 Å². The Hall–Kier alpha value is -2.36. The molecule has 0 saturated heterocycles. The molecule has 0 radical (unpaired) electrons. The molecular weight excluding hydrogens is 252 g/mol. The minimum atomic E-state index is -0.0998. The molecule has 100 valence electrons. The van der Waals surface area contributed by atoms with Gasteiger partial charge in [-0.1, -0.05) is 24.6 Å². The first kappa shape index (κ1) is 11.5. The van der Waals surface area contributed by atoms with Crippen LogP contribution in [-0.4, -0.2) is 16.3 Å². The smallest absolute Gasteiger partial charge is 0.310 e. The van der Waals surface area contributed by atoms with Gasteiger partial charge >= 0.3 is 5.95 Å². The molecule has 2 heterocycles. The zero-order valence-corrected chi connectivity index (χ0v) is 10.9. The van der Waals surface area contributed by atoms with Gasteiger partial charge in [0, 0.05) is 23.3 Å². The van der Waals surface area contributed by atoms with Gasteiger partial charge in [0.1, 0.15) is 5.69 Å². The first-order valence-corrected chi connectivity index (χ1v) is 6.86. The highest BCUT2D eigenvalue weighted by atomic mass is 16.5. The van der Waals surface area contributed by atoms with Crippen molar-refractivity contribution >= 4 is 23.6 Å². The molecule has 0 atom stereocenters. The summed E-state index contributed by atoms with van der Waals surface area (Å²) in [6, 6.07) is 7.92. The summed E-state index contributed by atoms with van der Waals surface area (Å²) in [6.07, 6.45) is 7.03. The van der Waals surface area contributed by atoms with Crippen molar-refractivity contribution in [3.8, 4) is 5.95 Å². The van der Waals surface area contributed by atoms with Crippen molar-refractivity contribution in [2.45, 2.75) is 25.2 Å².